The summed E-state index contributed by atoms with van der Waals surface area (Å²) in [6, 6.07) is 19.7. The van der Waals surface area contributed by atoms with Gasteiger partial charge in [0.2, 0.25) is 0 Å². The van der Waals surface area contributed by atoms with E-state index in [9.17, 15) is 14.9 Å². The fourth-order valence-electron chi connectivity index (χ4n) is 4.52. The molecule has 0 aliphatic carbocycles. The first-order chi connectivity index (χ1) is 19.4. The van der Waals surface area contributed by atoms with Crippen molar-refractivity contribution in [3.05, 3.63) is 97.7 Å². The highest BCUT2D eigenvalue weighted by Gasteiger charge is 2.32. The summed E-state index contributed by atoms with van der Waals surface area (Å²) in [5, 5.41) is 13.3. The van der Waals surface area contributed by atoms with Crippen molar-refractivity contribution < 1.29 is 9.53 Å². The number of anilines is 1. The first-order valence-electron chi connectivity index (χ1n) is 13.2. The number of aromatic nitrogens is 1. The van der Waals surface area contributed by atoms with Crippen molar-refractivity contribution in [3.8, 4) is 11.8 Å². The predicted molar refractivity (Wildman–Crippen MR) is 165 cm³/mol. The van der Waals surface area contributed by atoms with Gasteiger partial charge in [-0.2, -0.15) is 5.26 Å². The minimum atomic E-state index is -0.335. The number of unbranched alkanes of at least 4 members (excludes halogenated alkanes) is 1. The number of methoxy groups -OCH3 is 1. The average Bonchev–Trinajstić information content (AvgIpc) is 3.24. The summed E-state index contributed by atoms with van der Waals surface area (Å²) in [6.45, 7) is 5.18. The Morgan fingerprint density at radius 2 is 1.80 bits per heavy atom. The standard InChI is InChI=1S/C31H32N4O3S2/c1-4-5-16-34-28(33-20-23-11-13-24(38-3)14-12-23)25(21(2)26(19-32)29(34)36)18-27-30(37)35(31(39)40-27)17-15-22-9-7-6-8-10-22/h6-14,18,33H,4-5,15-17,20H2,1-3H3/b27-18+. The highest BCUT2D eigenvalue weighted by molar-refractivity contribution is 8.26. The molecule has 0 spiro atoms. The zero-order valence-electron chi connectivity index (χ0n) is 22.9. The summed E-state index contributed by atoms with van der Waals surface area (Å²) >= 11 is 6.82. The normalized spacial score (nSPS) is 14.1. The third-order valence-electron chi connectivity index (χ3n) is 6.85. The summed E-state index contributed by atoms with van der Waals surface area (Å²) < 4.78 is 7.39. The smallest absolute Gasteiger partial charge is 0.270 e. The SMILES string of the molecule is CCCCn1c(NCc2ccc(OC)cc2)c(/C=C2/SC(=S)N(CCc3ccccc3)C2=O)c(C)c(C#N)c1=O. The van der Waals surface area contributed by atoms with Gasteiger partial charge < -0.3 is 10.1 Å². The zero-order chi connectivity index (χ0) is 28.6. The van der Waals surface area contributed by atoms with E-state index in [1.807, 2.05) is 54.6 Å². The first-order valence-corrected chi connectivity index (χ1v) is 14.4. The van der Waals surface area contributed by atoms with Gasteiger partial charge in [0.1, 0.15) is 27.5 Å². The van der Waals surface area contributed by atoms with E-state index in [0.29, 0.717) is 52.2 Å². The number of thiocarbonyl (C=S) groups is 1. The van der Waals surface area contributed by atoms with Crippen LogP contribution in [0.25, 0.3) is 6.08 Å². The van der Waals surface area contributed by atoms with E-state index >= 15 is 0 Å². The fraction of sp³-hybridized carbons (Fsp3) is 0.290. The molecule has 1 saturated heterocycles. The highest BCUT2D eigenvalue weighted by atomic mass is 32.2. The Morgan fingerprint density at radius 1 is 1.07 bits per heavy atom. The summed E-state index contributed by atoms with van der Waals surface area (Å²) in [6.07, 6.45) is 4.12. The number of nitrogens with zero attached hydrogens (tertiary/aromatic N) is 3. The molecule has 4 rings (SSSR count). The number of ether oxygens (including phenoxy) is 1. The predicted octanol–water partition coefficient (Wildman–Crippen LogP) is 5.89. The molecule has 1 N–H and O–H groups in total. The lowest BCUT2D eigenvalue weighted by molar-refractivity contribution is -0.122. The topological polar surface area (TPSA) is 87.4 Å². The number of nitriles is 1. The van der Waals surface area contributed by atoms with E-state index in [0.717, 1.165) is 29.7 Å². The molecule has 1 amide bonds. The van der Waals surface area contributed by atoms with Crippen LogP contribution in [0.2, 0.25) is 0 Å². The number of pyridine rings is 1. The van der Waals surface area contributed by atoms with E-state index in [-0.39, 0.29) is 17.0 Å². The Kier molecular flexibility index (Phi) is 9.80. The number of carbonyl (C=O) groups excluding carboxylic acids is 1. The molecule has 7 nitrogen and oxygen atoms in total. The Balaban J connectivity index is 1.72. The van der Waals surface area contributed by atoms with Gasteiger partial charge in [0, 0.05) is 25.2 Å². The van der Waals surface area contributed by atoms with Crippen LogP contribution in [0.3, 0.4) is 0 Å². The van der Waals surface area contributed by atoms with Crippen molar-refractivity contribution >= 4 is 46.1 Å². The Hall–Kier alpha value is -3.87. The van der Waals surface area contributed by atoms with Gasteiger partial charge in [0.15, 0.2) is 0 Å². The quantitative estimate of drug-likeness (QED) is 0.226. The van der Waals surface area contributed by atoms with Gasteiger partial charge in [-0.15, -0.1) is 0 Å². The van der Waals surface area contributed by atoms with Gasteiger partial charge in [-0.1, -0.05) is 79.8 Å². The van der Waals surface area contributed by atoms with Crippen LogP contribution >= 0.6 is 24.0 Å². The molecule has 206 valence electrons. The maximum atomic E-state index is 13.5. The fourth-order valence-corrected chi connectivity index (χ4v) is 5.81. The number of amides is 1. The molecule has 0 saturated carbocycles. The second-order valence-electron chi connectivity index (χ2n) is 9.46. The van der Waals surface area contributed by atoms with Crippen LogP contribution in [0.5, 0.6) is 5.75 Å². The molecule has 0 radical (unpaired) electrons. The number of benzene rings is 2. The summed E-state index contributed by atoms with van der Waals surface area (Å²) in [4.78, 5) is 28.9. The van der Waals surface area contributed by atoms with Crippen LogP contribution in [0.1, 0.15) is 47.6 Å². The second kappa shape index (κ2) is 13.5. The molecule has 1 aromatic heterocycles. The molecular weight excluding hydrogens is 541 g/mol. The van der Waals surface area contributed by atoms with E-state index in [1.54, 1.807) is 29.6 Å². The Morgan fingerprint density at radius 3 is 2.45 bits per heavy atom. The number of nitrogens with one attached hydrogen (secondary N) is 1. The molecule has 3 aromatic rings. The minimum absolute atomic E-state index is 0.0805. The number of hydrogen-bond acceptors (Lipinski definition) is 7. The average molecular weight is 573 g/mol. The van der Waals surface area contributed by atoms with Crippen molar-refractivity contribution in [1.29, 1.82) is 5.26 Å². The van der Waals surface area contributed by atoms with Crippen molar-refractivity contribution in [2.75, 3.05) is 19.0 Å². The lowest BCUT2D eigenvalue weighted by atomic mass is 10.0. The third kappa shape index (κ3) is 6.46. The van der Waals surface area contributed by atoms with E-state index < -0.39 is 0 Å². The van der Waals surface area contributed by atoms with Crippen LogP contribution < -0.4 is 15.6 Å². The van der Waals surface area contributed by atoms with Gasteiger partial charge >= 0.3 is 0 Å². The van der Waals surface area contributed by atoms with Gasteiger partial charge in [0.05, 0.1) is 12.0 Å². The molecule has 1 aliphatic heterocycles. The van der Waals surface area contributed by atoms with Crippen LogP contribution in [0, 0.1) is 18.3 Å². The molecule has 40 heavy (non-hydrogen) atoms. The van der Waals surface area contributed by atoms with Gasteiger partial charge in [-0.25, -0.2) is 0 Å². The van der Waals surface area contributed by atoms with Gasteiger partial charge in [-0.3, -0.25) is 19.1 Å². The summed E-state index contributed by atoms with van der Waals surface area (Å²) in [7, 11) is 1.62. The van der Waals surface area contributed by atoms with E-state index in [2.05, 4.69) is 18.3 Å². The second-order valence-corrected chi connectivity index (χ2v) is 11.1. The largest absolute Gasteiger partial charge is 0.497 e. The minimum Gasteiger partial charge on any atom is -0.497 e. The zero-order valence-corrected chi connectivity index (χ0v) is 24.5. The number of hydrogen-bond donors (Lipinski definition) is 1. The van der Waals surface area contributed by atoms with Crippen LogP contribution in [-0.2, 0) is 24.3 Å². The van der Waals surface area contributed by atoms with Crippen LogP contribution in [0.4, 0.5) is 5.82 Å². The van der Waals surface area contributed by atoms with Crippen molar-refractivity contribution in [3.63, 3.8) is 0 Å². The number of thioether (sulfide) groups is 1. The molecule has 1 aliphatic rings. The van der Waals surface area contributed by atoms with E-state index in [4.69, 9.17) is 17.0 Å². The van der Waals surface area contributed by atoms with Crippen molar-refractivity contribution in [2.45, 2.75) is 46.2 Å². The van der Waals surface area contributed by atoms with Crippen LogP contribution in [-0.4, -0.2) is 33.3 Å². The number of rotatable bonds is 11. The summed E-state index contributed by atoms with van der Waals surface area (Å²) in [5.74, 6) is 1.17. The summed E-state index contributed by atoms with van der Waals surface area (Å²) in [5.41, 5.74) is 3.05. The Labute approximate surface area is 244 Å². The van der Waals surface area contributed by atoms with Gasteiger partial charge in [0.25, 0.3) is 11.5 Å². The molecule has 2 heterocycles. The molecular formula is C31H32N4O3S2. The maximum absolute atomic E-state index is 13.5. The lowest BCUT2D eigenvalue weighted by Crippen LogP contribution is -2.30. The maximum Gasteiger partial charge on any atom is 0.270 e. The lowest BCUT2D eigenvalue weighted by Gasteiger charge is -2.20. The van der Waals surface area contributed by atoms with Crippen molar-refractivity contribution in [1.82, 2.24) is 9.47 Å². The molecule has 0 bridgehead atoms. The monoisotopic (exact) mass is 572 g/mol. The van der Waals surface area contributed by atoms with E-state index in [1.165, 1.54) is 11.8 Å². The van der Waals surface area contributed by atoms with Crippen LogP contribution in [0.15, 0.2) is 64.3 Å². The van der Waals surface area contributed by atoms with Crippen molar-refractivity contribution in [2.24, 2.45) is 0 Å². The first kappa shape index (κ1) is 29.1. The highest BCUT2D eigenvalue weighted by Crippen LogP contribution is 2.35. The molecule has 0 atom stereocenters. The molecule has 0 unspecified atom stereocenters. The Bertz CT molecular complexity index is 1520. The molecule has 2 aromatic carbocycles. The third-order valence-corrected chi connectivity index (χ3v) is 8.22. The van der Waals surface area contributed by atoms with Gasteiger partial charge in [-0.05, 0) is 54.7 Å². The molecule has 9 heteroatoms. The molecule has 1 fully saturated rings. The number of carbonyl (C=O) groups is 1.